The second-order valence-corrected chi connectivity index (χ2v) is 9.96. The summed E-state index contributed by atoms with van der Waals surface area (Å²) in [6.45, 7) is 2.37. The summed E-state index contributed by atoms with van der Waals surface area (Å²) in [4.78, 5) is 28.5. The zero-order valence-electron chi connectivity index (χ0n) is 21.1. The number of hydrogen-bond acceptors (Lipinski definition) is 5. The van der Waals surface area contributed by atoms with Gasteiger partial charge in [-0.2, -0.15) is 0 Å². The van der Waals surface area contributed by atoms with Gasteiger partial charge in [0.25, 0.3) is 0 Å². The highest BCUT2D eigenvalue weighted by Crippen LogP contribution is 2.22. The summed E-state index contributed by atoms with van der Waals surface area (Å²) in [5.41, 5.74) is 2.11. The molecule has 1 aliphatic carbocycles. The van der Waals surface area contributed by atoms with Crippen LogP contribution in [0.15, 0.2) is 48.5 Å². The summed E-state index contributed by atoms with van der Waals surface area (Å²) in [5.74, 6) is 2.55. The Hall–Kier alpha value is -2.67. The Morgan fingerprint density at radius 3 is 2.06 bits per heavy atom. The van der Waals surface area contributed by atoms with Crippen LogP contribution >= 0.6 is 11.8 Å². The Balaban J connectivity index is 1.68. The summed E-state index contributed by atoms with van der Waals surface area (Å²) in [6, 6.07) is 15.3. The van der Waals surface area contributed by atoms with E-state index in [1.54, 1.807) is 30.9 Å². The maximum absolute atomic E-state index is 13.4. The highest BCUT2D eigenvalue weighted by atomic mass is 32.2. The number of methoxy groups -OCH3 is 2. The fourth-order valence-corrected chi connectivity index (χ4v) is 5.32. The average molecular weight is 499 g/mol. The third kappa shape index (κ3) is 8.20. The van der Waals surface area contributed by atoms with E-state index in [2.05, 4.69) is 5.32 Å². The Morgan fingerprint density at radius 2 is 1.51 bits per heavy atom. The first-order valence-corrected chi connectivity index (χ1v) is 13.6. The minimum atomic E-state index is -0.492. The highest BCUT2D eigenvalue weighted by molar-refractivity contribution is 7.99. The Labute approximate surface area is 213 Å². The number of hydrogen-bond donors (Lipinski definition) is 1. The highest BCUT2D eigenvalue weighted by Gasteiger charge is 2.30. The predicted octanol–water partition coefficient (Wildman–Crippen LogP) is 5.19. The van der Waals surface area contributed by atoms with Crippen LogP contribution < -0.4 is 14.8 Å². The van der Waals surface area contributed by atoms with Crippen LogP contribution in [0, 0.1) is 0 Å². The van der Waals surface area contributed by atoms with Crippen molar-refractivity contribution in [2.45, 2.75) is 69.8 Å². The molecule has 0 spiro atoms. The third-order valence-corrected chi connectivity index (χ3v) is 7.49. The van der Waals surface area contributed by atoms with Crippen LogP contribution in [0.5, 0.6) is 11.5 Å². The van der Waals surface area contributed by atoms with E-state index in [0.717, 1.165) is 54.1 Å². The van der Waals surface area contributed by atoms with Crippen molar-refractivity contribution in [2.75, 3.05) is 20.0 Å². The lowest BCUT2D eigenvalue weighted by molar-refractivity contribution is -0.139. The minimum Gasteiger partial charge on any atom is -0.497 e. The van der Waals surface area contributed by atoms with Crippen LogP contribution in [0.2, 0.25) is 0 Å². The van der Waals surface area contributed by atoms with Gasteiger partial charge >= 0.3 is 0 Å². The molecule has 1 saturated carbocycles. The monoisotopic (exact) mass is 498 g/mol. The fourth-order valence-electron chi connectivity index (χ4n) is 4.45. The van der Waals surface area contributed by atoms with Gasteiger partial charge in [0.05, 0.1) is 20.0 Å². The van der Waals surface area contributed by atoms with Crippen LogP contribution in [-0.4, -0.2) is 48.8 Å². The topological polar surface area (TPSA) is 67.9 Å². The molecule has 2 aromatic carbocycles. The Bertz CT molecular complexity index is 927. The first kappa shape index (κ1) is 26.9. The number of nitrogens with zero attached hydrogens (tertiary/aromatic N) is 1. The lowest BCUT2D eigenvalue weighted by atomic mass is 9.95. The molecule has 2 amide bonds. The van der Waals surface area contributed by atoms with Crippen LogP contribution in [0.3, 0.4) is 0 Å². The smallest absolute Gasteiger partial charge is 0.243 e. The van der Waals surface area contributed by atoms with E-state index in [9.17, 15) is 9.59 Å². The van der Waals surface area contributed by atoms with Crippen molar-refractivity contribution in [1.29, 1.82) is 0 Å². The van der Waals surface area contributed by atoms with Gasteiger partial charge < -0.3 is 19.7 Å². The lowest BCUT2D eigenvalue weighted by Gasteiger charge is -2.32. The molecule has 0 heterocycles. The number of amides is 2. The van der Waals surface area contributed by atoms with Crippen molar-refractivity contribution >= 4 is 23.6 Å². The van der Waals surface area contributed by atoms with Crippen molar-refractivity contribution in [3.05, 3.63) is 59.7 Å². The van der Waals surface area contributed by atoms with Crippen molar-refractivity contribution in [3.63, 3.8) is 0 Å². The molecular weight excluding hydrogens is 460 g/mol. The van der Waals surface area contributed by atoms with E-state index in [4.69, 9.17) is 9.47 Å². The molecule has 0 aliphatic heterocycles. The van der Waals surface area contributed by atoms with Gasteiger partial charge in [-0.25, -0.2) is 0 Å². The molecule has 2 aromatic rings. The maximum atomic E-state index is 13.4. The molecule has 0 saturated heterocycles. The molecule has 190 valence electrons. The number of carbonyl (C=O) groups is 2. The molecule has 1 fully saturated rings. The van der Waals surface area contributed by atoms with Gasteiger partial charge in [-0.15, -0.1) is 11.8 Å². The van der Waals surface area contributed by atoms with Gasteiger partial charge in [-0.05, 0) is 54.7 Å². The lowest BCUT2D eigenvalue weighted by Crippen LogP contribution is -2.52. The van der Waals surface area contributed by atoms with Crippen LogP contribution in [0.4, 0.5) is 0 Å². The average Bonchev–Trinajstić information content (AvgIpc) is 2.89. The largest absolute Gasteiger partial charge is 0.497 e. The Morgan fingerprint density at radius 1 is 0.943 bits per heavy atom. The number of thioether (sulfide) groups is 1. The number of ether oxygens (including phenoxy) is 2. The molecule has 35 heavy (non-hydrogen) atoms. The molecular formula is C28H38N2O4S. The number of nitrogens with one attached hydrogen (secondary N) is 1. The van der Waals surface area contributed by atoms with Gasteiger partial charge in [0.2, 0.25) is 11.8 Å². The molecule has 1 unspecified atom stereocenters. The predicted molar refractivity (Wildman–Crippen MR) is 142 cm³/mol. The summed E-state index contributed by atoms with van der Waals surface area (Å²) < 4.78 is 10.5. The van der Waals surface area contributed by atoms with Crippen molar-refractivity contribution in [2.24, 2.45) is 0 Å². The van der Waals surface area contributed by atoms with Gasteiger partial charge in [0.15, 0.2) is 0 Å². The molecule has 0 radical (unpaired) electrons. The normalized spacial score (nSPS) is 14.7. The molecule has 3 rings (SSSR count). The second-order valence-electron chi connectivity index (χ2n) is 8.98. The third-order valence-electron chi connectivity index (χ3n) is 6.50. The van der Waals surface area contributed by atoms with Crippen LogP contribution in [0.25, 0.3) is 0 Å². The second kappa shape index (κ2) is 14.0. The van der Waals surface area contributed by atoms with Gasteiger partial charge in [-0.3, -0.25) is 9.59 Å². The van der Waals surface area contributed by atoms with Gasteiger partial charge in [0.1, 0.15) is 17.5 Å². The summed E-state index contributed by atoms with van der Waals surface area (Å²) in [6.07, 6.45) is 6.15. The SMILES string of the molecule is CCC(C(=O)NC1CCCCC1)N(Cc1ccc(OC)cc1)C(=O)CSCc1ccc(OC)cc1. The summed E-state index contributed by atoms with van der Waals surface area (Å²) in [7, 11) is 3.28. The first-order valence-electron chi connectivity index (χ1n) is 12.5. The van der Waals surface area contributed by atoms with Crippen molar-refractivity contribution < 1.29 is 19.1 Å². The molecule has 7 heteroatoms. The molecule has 1 N–H and O–H groups in total. The van der Waals surface area contributed by atoms with E-state index in [0.29, 0.717) is 18.7 Å². The standard InChI is InChI=1S/C28H38N2O4S/c1-4-26(28(32)29-23-8-6-5-7-9-23)30(18-21-10-14-24(33-2)15-11-21)27(31)20-35-19-22-12-16-25(34-3)17-13-22/h10-17,23,26H,4-9,18-20H2,1-3H3,(H,29,32). The number of benzene rings is 2. The maximum Gasteiger partial charge on any atom is 0.243 e. The van der Waals surface area contributed by atoms with Crippen molar-refractivity contribution in [3.8, 4) is 11.5 Å². The summed E-state index contributed by atoms with van der Waals surface area (Å²) in [5, 5.41) is 3.23. The molecule has 1 aliphatic rings. The van der Waals surface area contributed by atoms with Gasteiger partial charge in [0, 0.05) is 18.3 Å². The van der Waals surface area contributed by atoms with E-state index in [1.807, 2.05) is 55.5 Å². The van der Waals surface area contributed by atoms with E-state index in [1.165, 1.54) is 6.42 Å². The van der Waals surface area contributed by atoms with Crippen LogP contribution in [-0.2, 0) is 21.9 Å². The molecule has 0 aromatic heterocycles. The quantitative estimate of drug-likeness (QED) is 0.436. The van der Waals surface area contributed by atoms with Gasteiger partial charge in [-0.1, -0.05) is 50.5 Å². The zero-order valence-corrected chi connectivity index (χ0v) is 21.9. The summed E-state index contributed by atoms with van der Waals surface area (Å²) >= 11 is 1.56. The van der Waals surface area contributed by atoms with Crippen LogP contribution in [0.1, 0.15) is 56.6 Å². The molecule has 6 nitrogen and oxygen atoms in total. The van der Waals surface area contributed by atoms with E-state index >= 15 is 0 Å². The first-order chi connectivity index (χ1) is 17.0. The van der Waals surface area contributed by atoms with E-state index in [-0.39, 0.29) is 17.9 Å². The Kier molecular flexibility index (Phi) is 10.8. The zero-order chi connectivity index (χ0) is 25.0. The molecule has 1 atom stereocenters. The number of rotatable bonds is 12. The number of carbonyl (C=O) groups excluding carboxylic acids is 2. The molecule has 0 bridgehead atoms. The van der Waals surface area contributed by atoms with E-state index < -0.39 is 6.04 Å². The minimum absolute atomic E-state index is 0.0232. The van der Waals surface area contributed by atoms with Crippen molar-refractivity contribution in [1.82, 2.24) is 10.2 Å². The fraction of sp³-hybridized carbons (Fsp3) is 0.500.